The number of aliphatic hydroxyl groups excluding tert-OH is 1. The predicted molar refractivity (Wildman–Crippen MR) is 72.5 cm³/mol. The molecule has 1 heterocycles. The number of aliphatic hydroxyl groups is 1. The number of hydrogen-bond donors (Lipinski definition) is 1. The second-order valence-corrected chi connectivity index (χ2v) is 6.80. The summed E-state index contributed by atoms with van der Waals surface area (Å²) in [7, 11) is -3.20. The number of nitriles is 1. The first-order valence-corrected chi connectivity index (χ1v) is 7.93. The Hall–Kier alpha value is -1.58. The molecule has 1 saturated heterocycles. The molecule has 1 aliphatic heterocycles. The lowest BCUT2D eigenvalue weighted by Crippen LogP contribution is -2.43. The zero-order valence-electron chi connectivity index (χ0n) is 10.4. The van der Waals surface area contributed by atoms with Gasteiger partial charge in [-0.2, -0.15) is 5.26 Å². The van der Waals surface area contributed by atoms with Crippen LogP contribution in [0, 0.1) is 11.3 Å². The minimum atomic E-state index is -3.20. The van der Waals surface area contributed by atoms with Crippen LogP contribution in [0.4, 0.5) is 5.69 Å². The van der Waals surface area contributed by atoms with Crippen LogP contribution in [0.2, 0.25) is 0 Å². The quantitative estimate of drug-likeness (QED) is 0.871. The second kappa shape index (κ2) is 5.59. The fourth-order valence-corrected chi connectivity index (χ4v) is 4.19. The molecule has 2 rings (SSSR count). The summed E-state index contributed by atoms with van der Waals surface area (Å²) in [5, 5.41) is 18.7. The smallest absolute Gasteiger partial charge is 0.155 e. The van der Waals surface area contributed by atoms with Crippen molar-refractivity contribution in [1.29, 1.82) is 5.26 Å². The monoisotopic (exact) mass is 280 g/mol. The van der Waals surface area contributed by atoms with Gasteiger partial charge in [-0.15, -0.1) is 0 Å². The van der Waals surface area contributed by atoms with Crippen LogP contribution in [-0.4, -0.2) is 43.7 Å². The molecule has 1 aromatic rings. The summed E-state index contributed by atoms with van der Waals surface area (Å²) in [4.78, 5) is 1.82. The number of hydrogen-bond acceptors (Lipinski definition) is 5. The highest BCUT2D eigenvalue weighted by Crippen LogP contribution is 2.24. The Labute approximate surface area is 113 Å². The SMILES string of the molecule is N#CCCN(c1ccccc1)C1CS(=O)(=O)CC1O. The molecule has 2 atom stereocenters. The fraction of sp³-hybridized carbons (Fsp3) is 0.462. The summed E-state index contributed by atoms with van der Waals surface area (Å²) in [6.07, 6.45) is -0.609. The van der Waals surface area contributed by atoms with E-state index in [9.17, 15) is 13.5 Å². The molecule has 1 fully saturated rings. The minimum Gasteiger partial charge on any atom is -0.390 e. The second-order valence-electron chi connectivity index (χ2n) is 4.65. The number of nitrogens with zero attached hydrogens (tertiary/aromatic N) is 2. The lowest BCUT2D eigenvalue weighted by atomic mass is 10.1. The van der Waals surface area contributed by atoms with Crippen molar-refractivity contribution < 1.29 is 13.5 Å². The average molecular weight is 280 g/mol. The van der Waals surface area contributed by atoms with Gasteiger partial charge in [-0.3, -0.25) is 0 Å². The van der Waals surface area contributed by atoms with Crippen molar-refractivity contribution in [3.63, 3.8) is 0 Å². The summed E-state index contributed by atoms with van der Waals surface area (Å²) in [6.45, 7) is 0.414. The van der Waals surface area contributed by atoms with Gasteiger partial charge in [-0.25, -0.2) is 8.42 Å². The first-order chi connectivity index (χ1) is 9.03. The van der Waals surface area contributed by atoms with Gasteiger partial charge in [0.2, 0.25) is 0 Å². The van der Waals surface area contributed by atoms with Crippen LogP contribution in [0.5, 0.6) is 0 Å². The average Bonchev–Trinajstić information content (AvgIpc) is 2.65. The number of para-hydroxylation sites is 1. The maximum atomic E-state index is 11.6. The molecule has 1 aromatic carbocycles. The van der Waals surface area contributed by atoms with Gasteiger partial charge in [-0.1, -0.05) is 18.2 Å². The molecule has 0 aromatic heterocycles. The fourth-order valence-electron chi connectivity index (χ4n) is 2.38. The van der Waals surface area contributed by atoms with Crippen LogP contribution in [0.1, 0.15) is 6.42 Å². The van der Waals surface area contributed by atoms with Gasteiger partial charge in [-0.05, 0) is 12.1 Å². The largest absolute Gasteiger partial charge is 0.390 e. The number of benzene rings is 1. The van der Waals surface area contributed by atoms with E-state index >= 15 is 0 Å². The Morgan fingerprint density at radius 3 is 2.53 bits per heavy atom. The van der Waals surface area contributed by atoms with E-state index in [4.69, 9.17) is 5.26 Å². The molecule has 0 aliphatic carbocycles. The van der Waals surface area contributed by atoms with Crippen LogP contribution >= 0.6 is 0 Å². The van der Waals surface area contributed by atoms with Crippen molar-refractivity contribution in [3.8, 4) is 6.07 Å². The third-order valence-electron chi connectivity index (χ3n) is 3.25. The van der Waals surface area contributed by atoms with E-state index in [2.05, 4.69) is 6.07 Å². The molecule has 0 amide bonds. The molecular weight excluding hydrogens is 264 g/mol. The van der Waals surface area contributed by atoms with Crippen molar-refractivity contribution in [2.75, 3.05) is 23.0 Å². The molecule has 1 N–H and O–H groups in total. The molecule has 0 bridgehead atoms. The first-order valence-electron chi connectivity index (χ1n) is 6.10. The normalized spacial score (nSPS) is 24.8. The van der Waals surface area contributed by atoms with E-state index in [0.29, 0.717) is 6.54 Å². The summed E-state index contributed by atoms with van der Waals surface area (Å²) in [6, 6.07) is 10.9. The van der Waals surface area contributed by atoms with Crippen molar-refractivity contribution in [2.24, 2.45) is 0 Å². The predicted octanol–water partition coefficient (Wildman–Crippen LogP) is 0.565. The van der Waals surface area contributed by atoms with Gasteiger partial charge in [0.15, 0.2) is 9.84 Å². The molecule has 0 radical (unpaired) electrons. The number of anilines is 1. The van der Waals surface area contributed by atoms with Gasteiger partial charge < -0.3 is 10.0 Å². The highest BCUT2D eigenvalue weighted by molar-refractivity contribution is 7.91. The van der Waals surface area contributed by atoms with E-state index < -0.39 is 22.0 Å². The molecular formula is C13H16N2O3S. The highest BCUT2D eigenvalue weighted by atomic mass is 32.2. The standard InChI is InChI=1S/C13H16N2O3S/c14-7-4-8-15(11-5-2-1-3-6-11)12-9-19(17,18)10-13(12)16/h1-3,5-6,12-13,16H,4,8-10H2. The first kappa shape index (κ1) is 13.8. The maximum absolute atomic E-state index is 11.6. The van der Waals surface area contributed by atoms with Gasteiger partial charge >= 0.3 is 0 Å². The zero-order valence-corrected chi connectivity index (χ0v) is 11.3. The van der Waals surface area contributed by atoms with Crippen LogP contribution < -0.4 is 4.90 Å². The number of rotatable bonds is 4. The van der Waals surface area contributed by atoms with Crippen LogP contribution in [-0.2, 0) is 9.84 Å². The highest BCUT2D eigenvalue weighted by Gasteiger charge is 2.39. The summed E-state index contributed by atoms with van der Waals surface area (Å²) in [5.41, 5.74) is 0.832. The Kier molecular flexibility index (Phi) is 4.08. The molecule has 0 spiro atoms. The Morgan fingerprint density at radius 1 is 1.32 bits per heavy atom. The van der Waals surface area contributed by atoms with E-state index in [1.165, 1.54) is 0 Å². The van der Waals surface area contributed by atoms with Gasteiger partial charge in [0.05, 0.1) is 36.1 Å². The zero-order chi connectivity index (χ0) is 13.9. The van der Waals surface area contributed by atoms with Crippen molar-refractivity contribution >= 4 is 15.5 Å². The molecule has 5 nitrogen and oxygen atoms in total. The minimum absolute atomic E-state index is 0.0610. The topological polar surface area (TPSA) is 81.4 Å². The van der Waals surface area contributed by atoms with Gasteiger partial charge in [0, 0.05) is 12.2 Å². The molecule has 19 heavy (non-hydrogen) atoms. The Morgan fingerprint density at radius 2 is 2.00 bits per heavy atom. The summed E-state index contributed by atoms with van der Waals surface area (Å²) < 4.78 is 23.2. The lowest BCUT2D eigenvalue weighted by Gasteiger charge is -2.31. The van der Waals surface area contributed by atoms with Crippen molar-refractivity contribution in [2.45, 2.75) is 18.6 Å². The lowest BCUT2D eigenvalue weighted by molar-refractivity contribution is 0.178. The molecule has 102 valence electrons. The van der Waals surface area contributed by atoms with E-state index in [1.807, 2.05) is 35.2 Å². The third-order valence-corrected chi connectivity index (χ3v) is 4.94. The molecule has 6 heteroatoms. The molecule has 2 unspecified atom stereocenters. The van der Waals surface area contributed by atoms with E-state index in [1.54, 1.807) is 0 Å². The van der Waals surface area contributed by atoms with Crippen LogP contribution in [0.3, 0.4) is 0 Å². The van der Waals surface area contributed by atoms with Crippen molar-refractivity contribution in [3.05, 3.63) is 30.3 Å². The third kappa shape index (κ3) is 3.25. The van der Waals surface area contributed by atoms with Crippen molar-refractivity contribution in [1.82, 2.24) is 0 Å². The molecule has 1 aliphatic rings. The van der Waals surface area contributed by atoms with Crippen LogP contribution in [0.15, 0.2) is 30.3 Å². The van der Waals surface area contributed by atoms with Gasteiger partial charge in [0.1, 0.15) is 0 Å². The molecule has 0 saturated carbocycles. The maximum Gasteiger partial charge on any atom is 0.155 e. The van der Waals surface area contributed by atoms with Crippen LogP contribution in [0.25, 0.3) is 0 Å². The Balaban J connectivity index is 2.26. The Bertz CT molecular complexity index is 565. The van der Waals surface area contributed by atoms with E-state index in [-0.39, 0.29) is 17.9 Å². The summed E-state index contributed by atoms with van der Waals surface area (Å²) >= 11 is 0. The van der Waals surface area contributed by atoms with E-state index in [0.717, 1.165) is 5.69 Å². The van der Waals surface area contributed by atoms with Gasteiger partial charge in [0.25, 0.3) is 0 Å². The number of sulfone groups is 1. The summed E-state index contributed by atoms with van der Waals surface area (Å²) in [5.74, 6) is -0.262.